The lowest BCUT2D eigenvalue weighted by molar-refractivity contribution is -0.119. The van der Waals surface area contributed by atoms with Gasteiger partial charge in [-0.05, 0) is 98.2 Å². The Morgan fingerprint density at radius 2 is 1.89 bits per heavy atom. The summed E-state index contributed by atoms with van der Waals surface area (Å²) in [6, 6.07) is 10.1. The summed E-state index contributed by atoms with van der Waals surface area (Å²) in [5.74, 6) is 2.25. The minimum atomic E-state index is 0.0921. The molecule has 5 atom stereocenters. The van der Waals surface area contributed by atoms with Crippen molar-refractivity contribution in [3.05, 3.63) is 35.4 Å². The van der Waals surface area contributed by atoms with E-state index < -0.39 is 0 Å². The van der Waals surface area contributed by atoms with E-state index in [1.807, 2.05) is 0 Å². The van der Waals surface area contributed by atoms with Crippen LogP contribution < -0.4 is 5.32 Å². The van der Waals surface area contributed by atoms with Crippen LogP contribution in [0.2, 0.25) is 0 Å². The minimum absolute atomic E-state index is 0.0921. The molecular formula is C24H32N2O. The molecule has 3 nitrogen and oxygen atoms in total. The second-order valence-corrected chi connectivity index (χ2v) is 10.3. The Bertz CT molecular complexity index is 778. The Morgan fingerprint density at radius 3 is 2.63 bits per heavy atom. The number of hydrogen-bond donors (Lipinski definition) is 1. The number of likely N-dealkylation sites (tertiary alicyclic amines) is 1. The lowest BCUT2D eigenvalue weighted by atomic mass is 9.61. The number of amides is 1. The monoisotopic (exact) mass is 364 g/mol. The smallest absolute Gasteiger partial charge is 0.217 e. The number of nitrogens with zero attached hydrogens (tertiary/aromatic N) is 1. The molecule has 5 aliphatic rings. The van der Waals surface area contributed by atoms with E-state index in [4.69, 9.17) is 0 Å². The van der Waals surface area contributed by atoms with Crippen LogP contribution >= 0.6 is 0 Å². The molecule has 3 saturated carbocycles. The number of carbonyl (C=O) groups is 1. The van der Waals surface area contributed by atoms with E-state index in [1.54, 1.807) is 13.3 Å². The van der Waals surface area contributed by atoms with E-state index in [1.165, 1.54) is 62.7 Å². The van der Waals surface area contributed by atoms with Gasteiger partial charge in [-0.3, -0.25) is 4.79 Å². The first kappa shape index (κ1) is 16.6. The molecule has 27 heavy (non-hydrogen) atoms. The molecule has 0 radical (unpaired) electrons. The molecule has 1 saturated heterocycles. The van der Waals surface area contributed by atoms with Crippen LogP contribution in [0.4, 0.5) is 0 Å². The highest BCUT2D eigenvalue weighted by atomic mass is 16.1. The largest absolute Gasteiger partial charge is 0.350 e. The lowest BCUT2D eigenvalue weighted by Gasteiger charge is -2.54. The van der Waals surface area contributed by atoms with E-state index in [9.17, 15) is 4.79 Å². The third-order valence-electron chi connectivity index (χ3n) is 9.32. The average molecular weight is 365 g/mol. The van der Waals surface area contributed by atoms with Crippen LogP contribution in [0.15, 0.2) is 24.3 Å². The quantitative estimate of drug-likeness (QED) is 0.854. The Balaban J connectivity index is 1.20. The molecule has 1 aromatic rings. The SMILES string of the molecule is CC(=O)N[C@H]1CCC2(CCN([C@@H]3CC45C[C@H]4CC[C@@H]35)CC2)c2ccccc21. The van der Waals surface area contributed by atoms with Crippen molar-refractivity contribution in [2.24, 2.45) is 17.3 Å². The molecule has 4 fully saturated rings. The van der Waals surface area contributed by atoms with Crippen LogP contribution in [0, 0.1) is 17.3 Å². The first-order chi connectivity index (χ1) is 13.1. The fourth-order valence-electron chi connectivity index (χ4n) is 7.84. The van der Waals surface area contributed by atoms with Gasteiger partial charge in [-0.1, -0.05) is 24.3 Å². The zero-order chi connectivity index (χ0) is 18.2. The van der Waals surface area contributed by atoms with Crippen LogP contribution in [0.5, 0.6) is 0 Å². The summed E-state index contributed by atoms with van der Waals surface area (Å²) in [5.41, 5.74) is 4.10. The van der Waals surface area contributed by atoms with Gasteiger partial charge >= 0.3 is 0 Å². The van der Waals surface area contributed by atoms with Gasteiger partial charge in [-0.25, -0.2) is 0 Å². The Morgan fingerprint density at radius 1 is 1.07 bits per heavy atom. The summed E-state index contributed by atoms with van der Waals surface area (Å²) in [6.45, 7) is 4.20. The first-order valence-corrected chi connectivity index (χ1v) is 11.2. The normalized spacial score (nSPS) is 41.2. The van der Waals surface area contributed by atoms with Crippen LogP contribution in [0.3, 0.4) is 0 Å². The molecular weight excluding hydrogens is 332 g/mol. The van der Waals surface area contributed by atoms with Crippen LogP contribution in [-0.2, 0) is 10.2 Å². The van der Waals surface area contributed by atoms with Crippen molar-refractivity contribution >= 4 is 5.91 Å². The van der Waals surface area contributed by atoms with Crippen molar-refractivity contribution in [2.75, 3.05) is 13.1 Å². The zero-order valence-electron chi connectivity index (χ0n) is 16.5. The molecule has 1 aliphatic heterocycles. The molecule has 1 amide bonds. The van der Waals surface area contributed by atoms with E-state index in [0.29, 0.717) is 5.41 Å². The van der Waals surface area contributed by atoms with E-state index in [-0.39, 0.29) is 11.9 Å². The number of hydrogen-bond acceptors (Lipinski definition) is 2. The third-order valence-corrected chi connectivity index (χ3v) is 9.32. The van der Waals surface area contributed by atoms with Gasteiger partial charge in [0, 0.05) is 13.0 Å². The molecule has 2 spiro atoms. The van der Waals surface area contributed by atoms with E-state index in [0.717, 1.165) is 29.7 Å². The van der Waals surface area contributed by atoms with Crippen molar-refractivity contribution in [3.8, 4) is 0 Å². The van der Waals surface area contributed by atoms with Gasteiger partial charge in [0.2, 0.25) is 5.91 Å². The average Bonchev–Trinajstić information content (AvgIpc) is 3.33. The number of nitrogens with one attached hydrogen (secondary N) is 1. The standard InChI is InChI=1S/C24H32N2O/c1-16(27)25-21-8-9-23(19-5-3-2-4-18(19)21)10-12-26(13-11-23)22-15-24-14-17(24)6-7-20(22)24/h2-5,17,20-22H,6-15H2,1H3,(H,25,27)/t17-,20+,21+,22-,24?/m1/s1. The second kappa shape index (κ2) is 5.59. The minimum Gasteiger partial charge on any atom is -0.350 e. The van der Waals surface area contributed by atoms with E-state index >= 15 is 0 Å². The number of fused-ring (bicyclic) bond motifs is 2. The highest BCUT2D eigenvalue weighted by molar-refractivity contribution is 5.73. The molecule has 144 valence electrons. The van der Waals surface area contributed by atoms with Gasteiger partial charge in [0.1, 0.15) is 0 Å². The van der Waals surface area contributed by atoms with Crippen LogP contribution in [-0.4, -0.2) is 29.9 Å². The summed E-state index contributed by atoms with van der Waals surface area (Å²) >= 11 is 0. The van der Waals surface area contributed by atoms with Crippen LogP contribution in [0.1, 0.15) is 75.5 Å². The molecule has 6 rings (SSSR count). The van der Waals surface area contributed by atoms with Crippen molar-refractivity contribution in [1.29, 1.82) is 0 Å². The topological polar surface area (TPSA) is 32.3 Å². The fraction of sp³-hybridized carbons (Fsp3) is 0.708. The van der Waals surface area contributed by atoms with Gasteiger partial charge < -0.3 is 10.2 Å². The molecule has 1 aromatic carbocycles. The van der Waals surface area contributed by atoms with Gasteiger partial charge in [0.05, 0.1) is 6.04 Å². The summed E-state index contributed by atoms with van der Waals surface area (Å²) in [5, 5.41) is 3.19. The molecule has 1 heterocycles. The molecule has 1 N–H and O–H groups in total. The molecule has 3 heteroatoms. The lowest BCUT2D eigenvalue weighted by Crippen LogP contribution is -2.57. The molecule has 4 aliphatic carbocycles. The third kappa shape index (κ3) is 2.27. The van der Waals surface area contributed by atoms with Crippen molar-refractivity contribution in [1.82, 2.24) is 10.2 Å². The highest BCUT2D eigenvalue weighted by Crippen LogP contribution is 2.76. The fourth-order valence-corrected chi connectivity index (χ4v) is 7.84. The number of rotatable bonds is 2. The van der Waals surface area contributed by atoms with Gasteiger partial charge in [-0.15, -0.1) is 0 Å². The maximum absolute atomic E-state index is 11.6. The summed E-state index contributed by atoms with van der Waals surface area (Å²) in [6.07, 6.45) is 11.0. The number of carbonyl (C=O) groups excluding carboxylic acids is 1. The highest BCUT2D eigenvalue weighted by Gasteiger charge is 2.71. The summed E-state index contributed by atoms with van der Waals surface area (Å²) in [4.78, 5) is 14.5. The first-order valence-electron chi connectivity index (χ1n) is 11.2. The van der Waals surface area contributed by atoms with Gasteiger partial charge in [-0.2, -0.15) is 0 Å². The summed E-state index contributed by atoms with van der Waals surface area (Å²) in [7, 11) is 0. The zero-order valence-corrected chi connectivity index (χ0v) is 16.5. The van der Waals surface area contributed by atoms with E-state index in [2.05, 4.69) is 34.5 Å². The maximum atomic E-state index is 11.6. The van der Waals surface area contributed by atoms with Crippen LogP contribution in [0.25, 0.3) is 0 Å². The summed E-state index contributed by atoms with van der Waals surface area (Å²) < 4.78 is 0. The predicted molar refractivity (Wildman–Crippen MR) is 106 cm³/mol. The Labute approximate surface area is 162 Å². The second-order valence-electron chi connectivity index (χ2n) is 10.3. The Hall–Kier alpha value is -1.35. The Kier molecular flexibility index (Phi) is 3.44. The van der Waals surface area contributed by atoms with Crippen molar-refractivity contribution in [3.63, 3.8) is 0 Å². The van der Waals surface area contributed by atoms with Gasteiger partial charge in [0.25, 0.3) is 0 Å². The molecule has 1 unspecified atom stereocenters. The van der Waals surface area contributed by atoms with Crippen molar-refractivity contribution in [2.45, 2.75) is 75.8 Å². The maximum Gasteiger partial charge on any atom is 0.217 e. The van der Waals surface area contributed by atoms with Gasteiger partial charge in [0.15, 0.2) is 0 Å². The van der Waals surface area contributed by atoms with Crippen molar-refractivity contribution < 1.29 is 4.79 Å². The number of piperidine rings is 1. The molecule has 0 aromatic heterocycles. The number of benzene rings is 1. The predicted octanol–water partition coefficient (Wildman–Crippen LogP) is 4.18. The molecule has 0 bridgehead atoms.